The van der Waals surface area contributed by atoms with Crippen LogP contribution in [0.3, 0.4) is 0 Å². The minimum atomic E-state index is -0.752. The second kappa shape index (κ2) is 8.85. The third-order valence-electron chi connectivity index (χ3n) is 10.7. The topological polar surface area (TPSA) is 37.3 Å². The minimum absolute atomic E-state index is 0.245. The lowest BCUT2D eigenvalue weighted by Crippen LogP contribution is -2.56. The Balaban J connectivity index is 1.43. The van der Waals surface area contributed by atoms with Crippen LogP contribution in [-0.4, -0.2) is 16.5 Å². The highest BCUT2D eigenvalue weighted by molar-refractivity contribution is 5.79. The Morgan fingerprint density at radius 2 is 1.71 bits per heavy atom. The van der Waals surface area contributed by atoms with E-state index < -0.39 is 5.60 Å². The lowest BCUT2D eigenvalue weighted by atomic mass is 9.44. The number of carbonyl (C=O) groups excluding carboxylic acids is 1. The molecule has 4 fully saturated rings. The molecule has 4 saturated carbocycles. The van der Waals surface area contributed by atoms with Gasteiger partial charge in [0.05, 0.1) is 0 Å². The van der Waals surface area contributed by atoms with E-state index in [4.69, 9.17) is 0 Å². The zero-order chi connectivity index (χ0) is 22.3. The van der Waals surface area contributed by atoms with Gasteiger partial charge in [-0.3, -0.25) is 4.79 Å². The third kappa shape index (κ3) is 4.14. The molecular weight excluding hydrogens is 380 g/mol. The van der Waals surface area contributed by atoms with Crippen LogP contribution in [0.25, 0.3) is 0 Å². The zero-order valence-corrected chi connectivity index (χ0v) is 20.6. The smallest absolute Gasteiger partial charge is 0.133 e. The van der Waals surface area contributed by atoms with Gasteiger partial charge in [-0.2, -0.15) is 0 Å². The number of carbonyl (C=O) groups is 1. The van der Waals surface area contributed by atoms with Crippen molar-refractivity contribution in [3.63, 3.8) is 0 Å². The molecule has 4 aliphatic carbocycles. The molecule has 1 N–H and O–H groups in total. The molecular formula is C29H46O2. The van der Waals surface area contributed by atoms with Gasteiger partial charge >= 0.3 is 0 Å². The SMILES string of the molecule is CCCCCCC#CC1(O)CC[C@@]2(C)C(CC[C@H]3[C@@H]4CC[C@H](C(C)=O)[C@@]4(C)CC[C@@H]32)C1. The summed E-state index contributed by atoms with van der Waals surface area (Å²) in [6, 6.07) is 0. The molecule has 0 aromatic rings. The van der Waals surface area contributed by atoms with Crippen molar-refractivity contribution in [2.75, 3.05) is 0 Å². The van der Waals surface area contributed by atoms with Gasteiger partial charge in [-0.25, -0.2) is 0 Å². The van der Waals surface area contributed by atoms with Gasteiger partial charge in [0.2, 0.25) is 0 Å². The van der Waals surface area contributed by atoms with Crippen molar-refractivity contribution < 1.29 is 9.90 Å². The van der Waals surface area contributed by atoms with Gasteiger partial charge in [-0.15, -0.1) is 5.92 Å². The number of ketones is 1. The van der Waals surface area contributed by atoms with E-state index in [9.17, 15) is 9.90 Å². The minimum Gasteiger partial charge on any atom is -0.378 e. The number of aliphatic hydroxyl groups is 1. The highest BCUT2D eigenvalue weighted by Gasteiger charge is 2.61. The molecule has 2 heteroatoms. The Labute approximate surface area is 191 Å². The van der Waals surface area contributed by atoms with Gasteiger partial charge in [-0.1, -0.05) is 46.0 Å². The van der Waals surface area contributed by atoms with Crippen molar-refractivity contribution in [1.82, 2.24) is 0 Å². The Hall–Kier alpha value is -0.810. The monoisotopic (exact) mass is 426 g/mol. The summed E-state index contributed by atoms with van der Waals surface area (Å²) in [7, 11) is 0. The molecule has 0 saturated heterocycles. The predicted molar refractivity (Wildman–Crippen MR) is 127 cm³/mol. The summed E-state index contributed by atoms with van der Waals surface area (Å²) in [6.07, 6.45) is 16.2. The summed E-state index contributed by atoms with van der Waals surface area (Å²) in [5.74, 6) is 10.3. The van der Waals surface area contributed by atoms with Crippen molar-refractivity contribution in [2.45, 2.75) is 123 Å². The van der Waals surface area contributed by atoms with E-state index in [1.165, 1.54) is 57.8 Å². The van der Waals surface area contributed by atoms with Crippen LogP contribution in [0.5, 0.6) is 0 Å². The first kappa shape index (κ1) is 23.4. The van der Waals surface area contributed by atoms with Gasteiger partial charge in [0.25, 0.3) is 0 Å². The van der Waals surface area contributed by atoms with Gasteiger partial charge < -0.3 is 5.11 Å². The van der Waals surface area contributed by atoms with Crippen LogP contribution in [0.1, 0.15) is 118 Å². The first-order valence-electron chi connectivity index (χ1n) is 13.5. The first-order valence-corrected chi connectivity index (χ1v) is 13.5. The third-order valence-corrected chi connectivity index (χ3v) is 10.7. The fourth-order valence-electron chi connectivity index (χ4n) is 8.89. The van der Waals surface area contributed by atoms with E-state index in [1.54, 1.807) is 0 Å². The van der Waals surface area contributed by atoms with Crippen LogP contribution in [0.2, 0.25) is 0 Å². The molecule has 0 aliphatic heterocycles. The molecule has 0 bridgehead atoms. The van der Waals surface area contributed by atoms with Crippen LogP contribution in [-0.2, 0) is 4.79 Å². The highest BCUT2D eigenvalue weighted by atomic mass is 16.3. The van der Waals surface area contributed by atoms with Gasteiger partial charge in [0.1, 0.15) is 11.4 Å². The molecule has 8 atom stereocenters. The number of rotatable bonds is 5. The molecule has 2 nitrogen and oxygen atoms in total. The van der Waals surface area contributed by atoms with E-state index in [2.05, 4.69) is 32.6 Å². The number of unbranched alkanes of at least 4 members (excludes halogenated alkanes) is 4. The fourth-order valence-corrected chi connectivity index (χ4v) is 8.89. The molecule has 0 radical (unpaired) electrons. The van der Waals surface area contributed by atoms with E-state index >= 15 is 0 Å². The van der Waals surface area contributed by atoms with Crippen LogP contribution >= 0.6 is 0 Å². The standard InChI is InChI=1S/C29H46O2/c1-5-6-7-8-9-10-16-29(31)19-18-27(3)22(20-29)11-12-23-25-14-13-24(21(2)30)28(25,4)17-15-26(23)27/h22-26,31H,5-9,11-15,17-20H2,1-4H3/t22?,23-,24+,25-,26-,27-,28+,29?/m0/s1. The summed E-state index contributed by atoms with van der Waals surface area (Å²) in [6.45, 7) is 9.06. The average molecular weight is 427 g/mol. The maximum atomic E-state index is 12.3. The molecule has 31 heavy (non-hydrogen) atoms. The van der Waals surface area contributed by atoms with Gasteiger partial charge in [0.15, 0.2) is 0 Å². The van der Waals surface area contributed by atoms with E-state index in [-0.39, 0.29) is 5.41 Å². The Morgan fingerprint density at radius 3 is 2.45 bits per heavy atom. The number of fused-ring (bicyclic) bond motifs is 5. The van der Waals surface area contributed by atoms with Crippen molar-refractivity contribution >= 4 is 5.78 Å². The summed E-state index contributed by atoms with van der Waals surface area (Å²) in [5, 5.41) is 11.3. The maximum Gasteiger partial charge on any atom is 0.133 e. The van der Waals surface area contributed by atoms with Crippen LogP contribution in [0.4, 0.5) is 0 Å². The molecule has 0 aromatic carbocycles. The Bertz CT molecular complexity index is 731. The van der Waals surface area contributed by atoms with E-state index in [0.29, 0.717) is 23.0 Å². The van der Waals surface area contributed by atoms with Crippen LogP contribution in [0, 0.1) is 52.3 Å². The Kier molecular flexibility index (Phi) is 6.67. The predicted octanol–water partition coefficient (Wildman–Crippen LogP) is 6.94. The number of Topliss-reactive ketones (excluding diaryl/α,β-unsaturated/α-hetero) is 1. The molecule has 0 aromatic heterocycles. The fraction of sp³-hybridized carbons (Fsp3) is 0.897. The lowest BCUT2D eigenvalue weighted by molar-refractivity contribution is -0.144. The first-order chi connectivity index (χ1) is 14.7. The van der Waals surface area contributed by atoms with E-state index in [0.717, 1.165) is 49.9 Å². The average Bonchev–Trinajstić information content (AvgIpc) is 3.09. The van der Waals surface area contributed by atoms with Gasteiger partial charge in [-0.05, 0) is 106 Å². The van der Waals surface area contributed by atoms with Gasteiger partial charge in [0, 0.05) is 12.3 Å². The molecule has 2 unspecified atom stereocenters. The van der Waals surface area contributed by atoms with Crippen molar-refractivity contribution in [3.8, 4) is 11.8 Å². The van der Waals surface area contributed by atoms with Crippen LogP contribution < -0.4 is 0 Å². The maximum absolute atomic E-state index is 12.3. The summed E-state index contributed by atoms with van der Waals surface area (Å²) < 4.78 is 0. The molecule has 0 heterocycles. The summed E-state index contributed by atoms with van der Waals surface area (Å²) in [5.41, 5.74) is -0.152. The number of hydrogen-bond donors (Lipinski definition) is 1. The number of hydrogen-bond acceptors (Lipinski definition) is 2. The molecule has 0 amide bonds. The summed E-state index contributed by atoms with van der Waals surface area (Å²) in [4.78, 5) is 12.3. The molecule has 4 aliphatic rings. The Morgan fingerprint density at radius 1 is 0.935 bits per heavy atom. The highest BCUT2D eigenvalue weighted by Crippen LogP contribution is 2.68. The quantitative estimate of drug-likeness (QED) is 0.382. The van der Waals surface area contributed by atoms with Crippen LogP contribution in [0.15, 0.2) is 0 Å². The van der Waals surface area contributed by atoms with Crippen molar-refractivity contribution in [2.24, 2.45) is 40.4 Å². The second-order valence-electron chi connectivity index (χ2n) is 12.3. The lowest BCUT2D eigenvalue weighted by Gasteiger charge is -2.61. The summed E-state index contributed by atoms with van der Waals surface area (Å²) >= 11 is 0. The molecule has 0 spiro atoms. The largest absolute Gasteiger partial charge is 0.378 e. The normalized spacial score (nSPS) is 46.3. The van der Waals surface area contributed by atoms with E-state index in [1.807, 2.05) is 6.92 Å². The second-order valence-corrected chi connectivity index (χ2v) is 12.3. The van der Waals surface area contributed by atoms with Crippen molar-refractivity contribution in [3.05, 3.63) is 0 Å². The molecule has 174 valence electrons. The molecule has 4 rings (SSSR count). The van der Waals surface area contributed by atoms with Crippen molar-refractivity contribution in [1.29, 1.82) is 0 Å². The zero-order valence-electron chi connectivity index (χ0n) is 20.6.